The second-order valence-electron chi connectivity index (χ2n) is 10.1. The highest BCUT2D eigenvalue weighted by Gasteiger charge is 2.20. The average Bonchev–Trinajstić information content (AvgIpc) is 2.94. The van der Waals surface area contributed by atoms with Crippen molar-refractivity contribution in [3.8, 4) is 11.5 Å². The molecular weight excluding hydrogens is 604 g/mol. The van der Waals surface area contributed by atoms with Crippen molar-refractivity contribution in [2.24, 2.45) is 0 Å². The van der Waals surface area contributed by atoms with Gasteiger partial charge in [-0.3, -0.25) is 28.8 Å². The highest BCUT2D eigenvalue weighted by Crippen LogP contribution is 2.26. The van der Waals surface area contributed by atoms with Crippen LogP contribution < -0.4 is 20.1 Å². The Kier molecular flexibility index (Phi) is 14.7. The lowest BCUT2D eigenvalue weighted by Gasteiger charge is -2.11. The van der Waals surface area contributed by atoms with Crippen molar-refractivity contribution in [2.75, 3.05) is 10.6 Å². The summed E-state index contributed by atoms with van der Waals surface area (Å²) in [5, 5.41) is 5.33. The van der Waals surface area contributed by atoms with Crippen LogP contribution >= 0.6 is 0 Å². The van der Waals surface area contributed by atoms with Gasteiger partial charge in [-0.1, -0.05) is 25.7 Å². The fraction of sp³-hybridized carbons (Fsp3) is 0.375. The monoisotopic (exact) mass is 640 g/mol. The zero-order valence-electron chi connectivity index (χ0n) is 26.0. The highest BCUT2D eigenvalue weighted by atomic mass is 16.6. The molecular formula is C32H36N2O12. The number of anilines is 2. The number of nitrogens with one attached hydrogen (secondary N) is 2. The van der Waals surface area contributed by atoms with E-state index in [9.17, 15) is 38.4 Å². The lowest BCUT2D eigenvalue weighted by molar-refractivity contribution is -0.136. The first-order valence-electron chi connectivity index (χ1n) is 14.4. The number of esters is 6. The molecule has 0 aliphatic rings. The smallest absolute Gasteiger partial charge is 0.349 e. The molecule has 0 aliphatic heterocycles. The normalized spacial score (nSPS) is 10.3. The number of unbranched alkanes of at least 4 members (excludes halogenated alkanes) is 5. The van der Waals surface area contributed by atoms with Crippen LogP contribution in [0, 0.1) is 0 Å². The summed E-state index contributed by atoms with van der Waals surface area (Å²) >= 11 is 0. The summed E-state index contributed by atoms with van der Waals surface area (Å²) in [6.07, 6.45) is 4.88. The fourth-order valence-electron chi connectivity index (χ4n) is 4.12. The van der Waals surface area contributed by atoms with E-state index in [-0.39, 0.29) is 58.7 Å². The fourth-order valence-corrected chi connectivity index (χ4v) is 4.12. The third-order valence-corrected chi connectivity index (χ3v) is 6.00. The minimum absolute atomic E-state index is 0.106. The highest BCUT2D eigenvalue weighted by molar-refractivity contribution is 6.02. The number of hydrogen-bond donors (Lipinski definition) is 2. The molecule has 0 saturated carbocycles. The standard InChI is InChI=1S/C32H36N2O12/c1-19(35)43-27-15-13-23(17-25(27)31(41)45-21(3)37)33-29(39)11-9-7-5-6-8-10-12-30(40)34-24-14-16-28(44-20(2)36)26(18-24)32(42)46-22(4)38/h13-18H,5-12H2,1-4H3,(H,33,39)(H,34,40). The van der Waals surface area contributed by atoms with Gasteiger partial charge < -0.3 is 29.6 Å². The molecule has 0 atom stereocenters. The maximum atomic E-state index is 12.4. The molecule has 0 unspecified atom stereocenters. The van der Waals surface area contributed by atoms with Crippen LogP contribution in [-0.4, -0.2) is 47.6 Å². The number of hydrogen-bond acceptors (Lipinski definition) is 12. The van der Waals surface area contributed by atoms with Crippen molar-refractivity contribution in [1.82, 2.24) is 0 Å². The van der Waals surface area contributed by atoms with Gasteiger partial charge in [-0.05, 0) is 49.2 Å². The van der Waals surface area contributed by atoms with Crippen LogP contribution in [-0.2, 0) is 38.2 Å². The quantitative estimate of drug-likeness (QED) is 0.119. The summed E-state index contributed by atoms with van der Waals surface area (Å²) < 4.78 is 19.1. The van der Waals surface area contributed by atoms with Crippen molar-refractivity contribution in [2.45, 2.75) is 79.1 Å². The van der Waals surface area contributed by atoms with Crippen LogP contribution in [0.2, 0.25) is 0 Å². The molecule has 14 heteroatoms. The van der Waals surface area contributed by atoms with E-state index in [4.69, 9.17) is 9.47 Å². The molecule has 2 aromatic carbocycles. The number of rotatable bonds is 15. The summed E-state index contributed by atoms with van der Waals surface area (Å²) in [6.45, 7) is 4.42. The van der Waals surface area contributed by atoms with E-state index in [0.717, 1.165) is 53.4 Å². The number of ether oxygens (including phenoxy) is 4. The molecule has 2 aromatic rings. The van der Waals surface area contributed by atoms with Crippen LogP contribution in [0.5, 0.6) is 11.5 Å². The van der Waals surface area contributed by atoms with Crippen molar-refractivity contribution in [3.05, 3.63) is 47.5 Å². The minimum Gasteiger partial charge on any atom is -0.426 e. The SMILES string of the molecule is CC(=O)OC(=O)c1cc(NC(=O)CCCCCCCCC(=O)Nc2ccc(OC(C)=O)c(C(=O)OC(C)=O)c2)ccc1OC(C)=O. The first kappa shape index (κ1) is 36.8. The van der Waals surface area contributed by atoms with Crippen LogP contribution in [0.25, 0.3) is 0 Å². The van der Waals surface area contributed by atoms with E-state index < -0.39 is 35.8 Å². The summed E-state index contributed by atoms with van der Waals surface area (Å²) in [4.78, 5) is 94.2. The van der Waals surface area contributed by atoms with Crippen LogP contribution in [0.15, 0.2) is 36.4 Å². The molecule has 2 N–H and O–H groups in total. The molecule has 14 nitrogen and oxygen atoms in total. The Hall–Kier alpha value is -5.40. The van der Waals surface area contributed by atoms with Crippen LogP contribution in [0.3, 0.4) is 0 Å². The number of amides is 2. The second kappa shape index (κ2) is 18.4. The first-order valence-corrected chi connectivity index (χ1v) is 14.4. The Morgan fingerprint density at radius 3 is 1.17 bits per heavy atom. The Morgan fingerprint density at radius 1 is 0.500 bits per heavy atom. The largest absolute Gasteiger partial charge is 0.426 e. The van der Waals surface area contributed by atoms with Gasteiger partial charge in [0.05, 0.1) is 0 Å². The number of benzene rings is 2. The van der Waals surface area contributed by atoms with E-state index in [1.54, 1.807) is 0 Å². The Bertz CT molecular complexity index is 1390. The molecule has 0 aliphatic carbocycles. The summed E-state index contributed by atoms with van der Waals surface area (Å²) in [5.41, 5.74) is 0.158. The lowest BCUT2D eigenvalue weighted by atomic mass is 10.1. The Labute approximate surface area is 265 Å². The van der Waals surface area contributed by atoms with Crippen LogP contribution in [0.1, 0.15) is 99.8 Å². The van der Waals surface area contributed by atoms with Gasteiger partial charge >= 0.3 is 35.8 Å². The van der Waals surface area contributed by atoms with Gasteiger partial charge in [0.2, 0.25) is 11.8 Å². The maximum absolute atomic E-state index is 12.4. The van der Waals surface area contributed by atoms with Gasteiger partial charge in [0.15, 0.2) is 0 Å². The number of carbonyl (C=O) groups is 8. The predicted octanol–water partition coefficient (Wildman–Crippen LogP) is 4.64. The molecule has 0 spiro atoms. The minimum atomic E-state index is -1.02. The zero-order valence-corrected chi connectivity index (χ0v) is 26.0. The van der Waals surface area contributed by atoms with E-state index in [0.29, 0.717) is 12.8 Å². The van der Waals surface area contributed by atoms with E-state index in [2.05, 4.69) is 20.1 Å². The van der Waals surface area contributed by atoms with Gasteiger partial charge in [-0.25, -0.2) is 9.59 Å². The molecule has 0 bridgehead atoms. The van der Waals surface area contributed by atoms with Crippen molar-refractivity contribution >= 4 is 59.0 Å². The van der Waals surface area contributed by atoms with Gasteiger partial charge in [0, 0.05) is 51.9 Å². The Morgan fingerprint density at radius 2 is 0.848 bits per heavy atom. The molecule has 246 valence electrons. The second-order valence-corrected chi connectivity index (χ2v) is 10.1. The molecule has 0 fully saturated rings. The molecule has 0 heterocycles. The molecule has 0 saturated heterocycles. The van der Waals surface area contributed by atoms with Gasteiger partial charge in [0.1, 0.15) is 22.6 Å². The summed E-state index contributed by atoms with van der Waals surface area (Å²) in [7, 11) is 0. The van der Waals surface area contributed by atoms with E-state index in [1.807, 2.05) is 0 Å². The topological polar surface area (TPSA) is 198 Å². The molecule has 2 amide bonds. The molecule has 0 aromatic heterocycles. The molecule has 46 heavy (non-hydrogen) atoms. The van der Waals surface area contributed by atoms with E-state index >= 15 is 0 Å². The maximum Gasteiger partial charge on any atom is 0.349 e. The number of carbonyl (C=O) groups excluding carboxylic acids is 8. The molecule has 2 rings (SSSR count). The van der Waals surface area contributed by atoms with Gasteiger partial charge in [-0.2, -0.15) is 0 Å². The first-order chi connectivity index (χ1) is 21.7. The predicted molar refractivity (Wildman–Crippen MR) is 162 cm³/mol. The van der Waals surface area contributed by atoms with Crippen LogP contribution in [0.4, 0.5) is 11.4 Å². The summed E-state index contributed by atoms with van der Waals surface area (Å²) in [5.74, 6) is -5.86. The van der Waals surface area contributed by atoms with Crippen molar-refractivity contribution < 1.29 is 57.3 Å². The summed E-state index contributed by atoms with van der Waals surface area (Å²) in [6, 6.07) is 8.07. The Balaban J connectivity index is 1.74. The molecule has 0 radical (unpaired) electrons. The van der Waals surface area contributed by atoms with Gasteiger partial charge in [0.25, 0.3) is 0 Å². The lowest BCUT2D eigenvalue weighted by Crippen LogP contribution is -2.15. The average molecular weight is 641 g/mol. The third-order valence-electron chi connectivity index (χ3n) is 6.00. The van der Waals surface area contributed by atoms with Gasteiger partial charge in [-0.15, -0.1) is 0 Å². The zero-order chi connectivity index (χ0) is 34.2. The van der Waals surface area contributed by atoms with Crippen molar-refractivity contribution in [1.29, 1.82) is 0 Å². The third kappa shape index (κ3) is 13.5. The van der Waals surface area contributed by atoms with E-state index in [1.165, 1.54) is 36.4 Å². The van der Waals surface area contributed by atoms with Crippen molar-refractivity contribution in [3.63, 3.8) is 0 Å².